The molecule has 0 aliphatic heterocycles. The van der Waals surface area contributed by atoms with Gasteiger partial charge in [0.1, 0.15) is 0 Å². The Balaban J connectivity index is 1.72. The Labute approximate surface area is 119 Å². The second-order valence-corrected chi connectivity index (χ2v) is 7.52. The van der Waals surface area contributed by atoms with Crippen molar-refractivity contribution >= 4 is 0 Å². The van der Waals surface area contributed by atoms with Crippen LogP contribution in [0.3, 0.4) is 0 Å². The first-order valence-corrected chi connectivity index (χ1v) is 8.20. The van der Waals surface area contributed by atoms with Crippen LogP contribution in [0, 0.1) is 17.8 Å². The Hall–Kier alpha value is -1.03. The molecule has 0 atom stereocenters. The number of aromatic amines is 2. The third-order valence-electron chi connectivity index (χ3n) is 6.08. The van der Waals surface area contributed by atoms with E-state index in [4.69, 9.17) is 5.73 Å². The Morgan fingerprint density at radius 2 is 1.65 bits per heavy atom. The van der Waals surface area contributed by atoms with Crippen LogP contribution in [-0.2, 0) is 11.8 Å². The molecule has 4 saturated carbocycles. The summed E-state index contributed by atoms with van der Waals surface area (Å²) in [6, 6.07) is 0. The Morgan fingerprint density at radius 3 is 2.20 bits per heavy atom. The van der Waals surface area contributed by atoms with E-state index >= 15 is 0 Å². The lowest BCUT2D eigenvalue weighted by Crippen LogP contribution is -2.49. The molecule has 0 radical (unpaired) electrons. The lowest BCUT2D eigenvalue weighted by Gasteiger charge is -2.56. The van der Waals surface area contributed by atoms with Crippen LogP contribution in [0.1, 0.15) is 56.2 Å². The maximum absolute atomic E-state index is 12.1. The molecule has 0 aromatic carbocycles. The van der Waals surface area contributed by atoms with Gasteiger partial charge in [0.2, 0.25) is 0 Å². The zero-order valence-electron chi connectivity index (χ0n) is 12.1. The molecular weight excluding hydrogens is 250 g/mol. The van der Waals surface area contributed by atoms with Crippen molar-refractivity contribution < 1.29 is 0 Å². The number of nitrogens with two attached hydrogens (primary N) is 1. The van der Waals surface area contributed by atoms with Crippen LogP contribution in [0.25, 0.3) is 0 Å². The average molecular weight is 275 g/mol. The topological polar surface area (TPSA) is 74.7 Å². The number of H-pyrrole nitrogens is 2. The minimum atomic E-state index is 0.0872. The molecule has 4 bridgehead atoms. The summed E-state index contributed by atoms with van der Waals surface area (Å²) >= 11 is 0. The van der Waals surface area contributed by atoms with E-state index in [0.29, 0.717) is 6.54 Å². The number of nitrogens with one attached hydrogen (secondary N) is 2. The van der Waals surface area contributed by atoms with Gasteiger partial charge in [-0.05, 0) is 75.7 Å². The Kier molecular flexibility index (Phi) is 2.85. The van der Waals surface area contributed by atoms with Crippen LogP contribution in [0.2, 0.25) is 0 Å². The molecule has 4 N–H and O–H groups in total. The minimum Gasteiger partial charge on any atom is -0.330 e. The van der Waals surface area contributed by atoms with Crippen molar-refractivity contribution in [2.45, 2.75) is 56.8 Å². The predicted molar refractivity (Wildman–Crippen MR) is 78.6 cm³/mol. The van der Waals surface area contributed by atoms with Crippen molar-refractivity contribution in [2.24, 2.45) is 23.5 Å². The van der Waals surface area contributed by atoms with Gasteiger partial charge in [-0.25, -0.2) is 0 Å². The third-order valence-corrected chi connectivity index (χ3v) is 6.08. The smallest absolute Gasteiger partial charge is 0.267 e. The summed E-state index contributed by atoms with van der Waals surface area (Å²) in [6.07, 6.45) is 9.92. The largest absolute Gasteiger partial charge is 0.330 e. The summed E-state index contributed by atoms with van der Waals surface area (Å²) in [5.41, 5.74) is 8.23. The molecule has 1 heterocycles. The lowest BCUT2D eigenvalue weighted by molar-refractivity contribution is -0.00762. The molecule has 0 amide bonds. The van der Waals surface area contributed by atoms with Crippen molar-refractivity contribution in [3.05, 3.63) is 21.6 Å². The van der Waals surface area contributed by atoms with E-state index in [1.165, 1.54) is 44.2 Å². The van der Waals surface area contributed by atoms with Gasteiger partial charge >= 0.3 is 0 Å². The van der Waals surface area contributed by atoms with Gasteiger partial charge in [0.25, 0.3) is 5.56 Å². The molecule has 1 aromatic heterocycles. The molecule has 4 aliphatic carbocycles. The third kappa shape index (κ3) is 1.80. The Morgan fingerprint density at radius 1 is 1.05 bits per heavy atom. The van der Waals surface area contributed by atoms with Crippen molar-refractivity contribution in [1.82, 2.24) is 10.2 Å². The van der Waals surface area contributed by atoms with E-state index in [1.54, 1.807) is 0 Å². The SMILES string of the molecule is NCCCc1c(C23CC4CC(CC(C4)C2)C3)[nH][nH]c1=O. The van der Waals surface area contributed by atoms with E-state index in [1.807, 2.05) is 0 Å². The highest BCUT2D eigenvalue weighted by Crippen LogP contribution is 2.60. The van der Waals surface area contributed by atoms with E-state index in [2.05, 4.69) is 10.2 Å². The highest BCUT2D eigenvalue weighted by molar-refractivity contribution is 5.29. The van der Waals surface area contributed by atoms with Gasteiger partial charge in [0.15, 0.2) is 0 Å². The van der Waals surface area contributed by atoms with E-state index in [9.17, 15) is 4.79 Å². The van der Waals surface area contributed by atoms with Gasteiger partial charge in [-0.15, -0.1) is 0 Å². The van der Waals surface area contributed by atoms with Crippen LogP contribution in [0.15, 0.2) is 4.79 Å². The van der Waals surface area contributed by atoms with Gasteiger partial charge in [-0.3, -0.25) is 9.89 Å². The molecule has 4 fully saturated rings. The molecule has 1 aromatic rings. The fourth-order valence-corrected chi connectivity index (χ4v) is 5.77. The van der Waals surface area contributed by atoms with Gasteiger partial charge in [0, 0.05) is 16.7 Å². The molecule has 4 nitrogen and oxygen atoms in total. The molecule has 0 spiro atoms. The highest BCUT2D eigenvalue weighted by atomic mass is 16.1. The maximum Gasteiger partial charge on any atom is 0.267 e. The summed E-state index contributed by atoms with van der Waals surface area (Å²) in [5.74, 6) is 2.71. The zero-order chi connectivity index (χ0) is 13.7. The summed E-state index contributed by atoms with van der Waals surface area (Å²) < 4.78 is 0. The first kappa shape index (κ1) is 12.7. The number of rotatable bonds is 4. The molecule has 0 unspecified atom stereocenters. The van der Waals surface area contributed by atoms with Crippen LogP contribution in [0.4, 0.5) is 0 Å². The lowest BCUT2D eigenvalue weighted by atomic mass is 9.48. The summed E-state index contributed by atoms with van der Waals surface area (Å²) in [5, 5.41) is 6.11. The fraction of sp³-hybridized carbons (Fsp3) is 0.812. The monoisotopic (exact) mass is 275 g/mol. The van der Waals surface area contributed by atoms with E-state index in [0.717, 1.165) is 36.2 Å². The fourth-order valence-electron chi connectivity index (χ4n) is 5.77. The second-order valence-electron chi connectivity index (χ2n) is 7.52. The number of hydrogen-bond donors (Lipinski definition) is 3. The van der Waals surface area contributed by atoms with Crippen LogP contribution in [0.5, 0.6) is 0 Å². The number of hydrogen-bond acceptors (Lipinski definition) is 2. The van der Waals surface area contributed by atoms with Crippen LogP contribution in [-0.4, -0.2) is 16.7 Å². The Bertz CT molecular complexity index is 521. The molecule has 5 rings (SSSR count). The highest BCUT2D eigenvalue weighted by Gasteiger charge is 2.53. The van der Waals surface area contributed by atoms with Gasteiger partial charge in [-0.1, -0.05) is 0 Å². The van der Waals surface area contributed by atoms with Crippen molar-refractivity contribution in [3.63, 3.8) is 0 Å². The average Bonchev–Trinajstić information content (AvgIpc) is 2.77. The summed E-state index contributed by atoms with van der Waals surface area (Å²) in [7, 11) is 0. The summed E-state index contributed by atoms with van der Waals surface area (Å²) in [4.78, 5) is 12.1. The van der Waals surface area contributed by atoms with Crippen LogP contribution >= 0.6 is 0 Å². The second kappa shape index (κ2) is 4.48. The van der Waals surface area contributed by atoms with Crippen molar-refractivity contribution in [2.75, 3.05) is 6.54 Å². The zero-order valence-corrected chi connectivity index (χ0v) is 12.1. The molecular formula is C16H25N3O. The van der Waals surface area contributed by atoms with Crippen molar-refractivity contribution in [3.8, 4) is 0 Å². The predicted octanol–water partition coefficient (Wildman–Crippen LogP) is 2.06. The van der Waals surface area contributed by atoms with E-state index in [-0.39, 0.29) is 11.0 Å². The standard InChI is InChI=1S/C16H25N3O/c17-3-1-2-13-14(18-19-15(13)20)16-7-10-4-11(8-16)6-12(5-10)9-16/h10-12H,1-9,17H2,(H2,18,19,20). The van der Waals surface area contributed by atoms with Gasteiger partial charge in [-0.2, -0.15) is 0 Å². The van der Waals surface area contributed by atoms with Gasteiger partial charge in [0.05, 0.1) is 0 Å². The normalized spacial score (nSPS) is 38.5. The molecule has 20 heavy (non-hydrogen) atoms. The molecule has 4 aliphatic rings. The minimum absolute atomic E-state index is 0.0872. The van der Waals surface area contributed by atoms with Crippen LogP contribution < -0.4 is 11.3 Å². The van der Waals surface area contributed by atoms with Gasteiger partial charge < -0.3 is 10.8 Å². The van der Waals surface area contributed by atoms with Crippen molar-refractivity contribution in [1.29, 1.82) is 0 Å². The maximum atomic E-state index is 12.1. The van der Waals surface area contributed by atoms with E-state index < -0.39 is 0 Å². The summed E-state index contributed by atoms with van der Waals surface area (Å²) in [6.45, 7) is 0.658. The quantitative estimate of drug-likeness (QED) is 0.787. The molecule has 110 valence electrons. The molecule has 4 heteroatoms. The molecule has 0 saturated heterocycles. The number of aromatic nitrogens is 2. The first-order valence-electron chi connectivity index (χ1n) is 8.20. The first-order chi connectivity index (χ1) is 9.70.